The molecule has 0 aromatic carbocycles. The van der Waals surface area contributed by atoms with Crippen LogP contribution in [-0.4, -0.2) is 28.3 Å². The summed E-state index contributed by atoms with van der Waals surface area (Å²) in [4.78, 5) is 19.5. The third-order valence-electron chi connectivity index (χ3n) is 4.66. The molecule has 4 nitrogen and oxygen atoms in total. The van der Waals surface area contributed by atoms with Crippen LogP contribution in [-0.2, 0) is 0 Å². The molecule has 2 unspecified atom stereocenters. The lowest BCUT2D eigenvalue weighted by atomic mass is 9.92. The number of carbonyl (C=O) groups is 1. The van der Waals surface area contributed by atoms with E-state index in [0.717, 1.165) is 35.2 Å². The van der Waals surface area contributed by atoms with Crippen molar-refractivity contribution in [2.45, 2.75) is 38.1 Å². The van der Waals surface area contributed by atoms with Crippen LogP contribution < -0.4 is 4.90 Å². The zero-order chi connectivity index (χ0) is 12.8. The van der Waals surface area contributed by atoms with E-state index in [1.165, 1.54) is 32.1 Å². The lowest BCUT2D eigenvalue weighted by Crippen LogP contribution is -2.43. The number of aldehydes is 1. The van der Waals surface area contributed by atoms with Gasteiger partial charge in [0.25, 0.3) is 0 Å². The summed E-state index contributed by atoms with van der Waals surface area (Å²) in [6, 6.07) is 0.608. The third kappa shape index (κ3) is 1.64. The Morgan fingerprint density at radius 3 is 3.11 bits per heavy atom. The second-order valence-corrected chi connectivity index (χ2v) is 6.46. The maximum absolute atomic E-state index is 11.5. The minimum Gasteiger partial charge on any atom is -0.351 e. The van der Waals surface area contributed by atoms with E-state index in [1.54, 1.807) is 11.3 Å². The molecule has 2 aromatic rings. The second kappa shape index (κ2) is 4.34. The van der Waals surface area contributed by atoms with Gasteiger partial charge < -0.3 is 4.90 Å². The monoisotopic (exact) mass is 275 g/mol. The molecule has 100 valence electrons. The quantitative estimate of drug-likeness (QED) is 0.791. The Kier molecular flexibility index (Phi) is 2.62. The van der Waals surface area contributed by atoms with Crippen LogP contribution in [0, 0.1) is 5.92 Å². The van der Waals surface area contributed by atoms with Gasteiger partial charge in [0.1, 0.15) is 5.69 Å². The van der Waals surface area contributed by atoms with Gasteiger partial charge in [-0.3, -0.25) is 9.20 Å². The Hall–Kier alpha value is -1.36. The number of aromatic nitrogens is 2. The van der Waals surface area contributed by atoms with Crippen LogP contribution >= 0.6 is 11.3 Å². The SMILES string of the molecule is O=Cc1c(N2CCCC3CCCC32)nc2sccn12. The second-order valence-electron chi connectivity index (χ2n) is 5.59. The maximum atomic E-state index is 11.5. The molecule has 5 heteroatoms. The number of hydrogen-bond donors (Lipinski definition) is 0. The van der Waals surface area contributed by atoms with Crippen LogP contribution in [0.2, 0.25) is 0 Å². The Balaban J connectivity index is 1.80. The first-order chi connectivity index (χ1) is 9.38. The normalized spacial score (nSPS) is 26.8. The van der Waals surface area contributed by atoms with E-state index in [4.69, 9.17) is 4.98 Å². The Morgan fingerprint density at radius 1 is 1.32 bits per heavy atom. The summed E-state index contributed by atoms with van der Waals surface area (Å²) in [5.74, 6) is 1.73. The van der Waals surface area contributed by atoms with Crippen molar-refractivity contribution < 1.29 is 4.79 Å². The zero-order valence-corrected chi connectivity index (χ0v) is 11.6. The smallest absolute Gasteiger partial charge is 0.196 e. The summed E-state index contributed by atoms with van der Waals surface area (Å²) in [6.45, 7) is 1.05. The largest absolute Gasteiger partial charge is 0.351 e. The summed E-state index contributed by atoms with van der Waals surface area (Å²) in [5.41, 5.74) is 0.726. The lowest BCUT2D eigenvalue weighted by Gasteiger charge is -2.38. The molecule has 2 aromatic heterocycles. The van der Waals surface area contributed by atoms with Crippen molar-refractivity contribution in [1.29, 1.82) is 0 Å². The fourth-order valence-electron chi connectivity index (χ4n) is 3.83. The molecule has 0 N–H and O–H groups in total. The van der Waals surface area contributed by atoms with Gasteiger partial charge in [0, 0.05) is 24.2 Å². The molecular weight excluding hydrogens is 258 g/mol. The van der Waals surface area contributed by atoms with Crippen LogP contribution in [0.25, 0.3) is 4.96 Å². The van der Waals surface area contributed by atoms with E-state index < -0.39 is 0 Å². The number of nitrogens with zero attached hydrogens (tertiary/aromatic N) is 3. The molecule has 1 saturated carbocycles. The topological polar surface area (TPSA) is 37.6 Å². The first-order valence-electron chi connectivity index (χ1n) is 7.06. The van der Waals surface area contributed by atoms with Gasteiger partial charge >= 0.3 is 0 Å². The number of carbonyl (C=O) groups excluding carboxylic acids is 1. The van der Waals surface area contributed by atoms with Crippen molar-refractivity contribution in [2.75, 3.05) is 11.4 Å². The van der Waals surface area contributed by atoms with E-state index in [2.05, 4.69) is 4.90 Å². The minimum atomic E-state index is 0.608. The molecule has 1 saturated heterocycles. The summed E-state index contributed by atoms with van der Waals surface area (Å²) in [5, 5.41) is 1.98. The van der Waals surface area contributed by atoms with Gasteiger partial charge in [0.2, 0.25) is 0 Å². The average molecular weight is 275 g/mol. The van der Waals surface area contributed by atoms with Gasteiger partial charge in [-0.15, -0.1) is 11.3 Å². The molecule has 19 heavy (non-hydrogen) atoms. The van der Waals surface area contributed by atoms with Crippen molar-refractivity contribution in [3.63, 3.8) is 0 Å². The van der Waals surface area contributed by atoms with Gasteiger partial charge in [-0.25, -0.2) is 4.98 Å². The molecule has 1 aliphatic heterocycles. The number of hydrogen-bond acceptors (Lipinski definition) is 4. The molecule has 2 aliphatic rings. The molecule has 2 atom stereocenters. The van der Waals surface area contributed by atoms with Gasteiger partial charge in [-0.2, -0.15) is 0 Å². The zero-order valence-electron chi connectivity index (χ0n) is 10.8. The van der Waals surface area contributed by atoms with E-state index in [0.29, 0.717) is 6.04 Å². The number of fused-ring (bicyclic) bond motifs is 2. The van der Waals surface area contributed by atoms with Crippen molar-refractivity contribution >= 4 is 28.4 Å². The van der Waals surface area contributed by atoms with Gasteiger partial charge in [0.15, 0.2) is 17.1 Å². The molecule has 1 aliphatic carbocycles. The van der Waals surface area contributed by atoms with Crippen molar-refractivity contribution in [2.24, 2.45) is 5.92 Å². The van der Waals surface area contributed by atoms with Gasteiger partial charge in [-0.05, 0) is 31.6 Å². The number of piperidine rings is 1. The summed E-state index contributed by atoms with van der Waals surface area (Å²) in [7, 11) is 0. The van der Waals surface area contributed by atoms with Crippen LogP contribution in [0.3, 0.4) is 0 Å². The summed E-state index contributed by atoms with van der Waals surface area (Å²) >= 11 is 1.59. The molecule has 0 spiro atoms. The fraction of sp³-hybridized carbons (Fsp3) is 0.571. The lowest BCUT2D eigenvalue weighted by molar-refractivity contribution is 0.111. The minimum absolute atomic E-state index is 0.608. The number of imidazole rings is 1. The van der Waals surface area contributed by atoms with Crippen LogP contribution in [0.4, 0.5) is 5.82 Å². The predicted octanol–water partition coefficient (Wildman–Crippen LogP) is 2.98. The first-order valence-corrected chi connectivity index (χ1v) is 7.94. The number of anilines is 1. The molecule has 2 fully saturated rings. The van der Waals surface area contributed by atoms with Crippen LogP contribution in [0.1, 0.15) is 42.6 Å². The number of thiazole rings is 1. The average Bonchev–Trinajstić information content (AvgIpc) is 3.12. The van der Waals surface area contributed by atoms with Crippen LogP contribution in [0.15, 0.2) is 11.6 Å². The number of rotatable bonds is 2. The highest BCUT2D eigenvalue weighted by molar-refractivity contribution is 7.15. The van der Waals surface area contributed by atoms with Crippen molar-refractivity contribution in [1.82, 2.24) is 9.38 Å². The van der Waals surface area contributed by atoms with Crippen molar-refractivity contribution in [3.8, 4) is 0 Å². The highest BCUT2D eigenvalue weighted by atomic mass is 32.1. The van der Waals surface area contributed by atoms with E-state index in [1.807, 2.05) is 16.0 Å². The fourth-order valence-corrected chi connectivity index (χ4v) is 4.55. The molecule has 0 amide bonds. The van der Waals surface area contributed by atoms with Gasteiger partial charge in [-0.1, -0.05) is 6.42 Å². The van der Waals surface area contributed by atoms with Gasteiger partial charge in [0.05, 0.1) is 0 Å². The van der Waals surface area contributed by atoms with Crippen molar-refractivity contribution in [3.05, 3.63) is 17.3 Å². The third-order valence-corrected chi connectivity index (χ3v) is 5.41. The predicted molar refractivity (Wildman–Crippen MR) is 76.2 cm³/mol. The van der Waals surface area contributed by atoms with E-state index in [-0.39, 0.29) is 0 Å². The Bertz CT molecular complexity index is 617. The molecule has 4 rings (SSSR count). The van der Waals surface area contributed by atoms with E-state index >= 15 is 0 Å². The highest BCUT2D eigenvalue weighted by Gasteiger charge is 2.37. The molecular formula is C14H17N3OS. The molecule has 3 heterocycles. The molecule has 0 bridgehead atoms. The first kappa shape index (κ1) is 11.5. The summed E-state index contributed by atoms with van der Waals surface area (Å²) < 4.78 is 1.92. The Morgan fingerprint density at radius 2 is 2.21 bits per heavy atom. The standard InChI is InChI=1S/C14H17N3OS/c18-9-12-13(15-14-17(12)7-8-19-14)16-6-2-4-10-3-1-5-11(10)16/h7-11H,1-6H2. The Labute approximate surface area is 116 Å². The highest BCUT2D eigenvalue weighted by Crippen LogP contribution is 2.39. The maximum Gasteiger partial charge on any atom is 0.196 e. The summed E-state index contributed by atoms with van der Waals surface area (Å²) in [6.07, 6.45) is 9.40. The molecule has 0 radical (unpaired) electrons. The van der Waals surface area contributed by atoms with Crippen LogP contribution in [0.5, 0.6) is 0 Å². The van der Waals surface area contributed by atoms with E-state index in [9.17, 15) is 4.79 Å².